The smallest absolute Gasteiger partial charge is 0.115 e. The molecule has 0 fully saturated rings. The van der Waals surface area contributed by atoms with E-state index in [0.29, 0.717) is 0 Å². The summed E-state index contributed by atoms with van der Waals surface area (Å²) >= 11 is 7.59. The van der Waals surface area contributed by atoms with Gasteiger partial charge in [0.05, 0.1) is 0 Å². The highest BCUT2D eigenvalue weighted by Crippen LogP contribution is 2.25. The first-order chi connectivity index (χ1) is 8.25. The Kier molecular flexibility index (Phi) is 4.36. The highest BCUT2D eigenvalue weighted by molar-refractivity contribution is 7.99. The summed E-state index contributed by atoms with van der Waals surface area (Å²) in [5.41, 5.74) is 6.99. The fourth-order valence-corrected chi connectivity index (χ4v) is 2.55. The van der Waals surface area contributed by atoms with Gasteiger partial charge >= 0.3 is 0 Å². The largest absolute Gasteiger partial charge is 0.323 e. The Morgan fingerprint density at radius 1 is 1.29 bits per heavy atom. The second kappa shape index (κ2) is 6.00. The Hall–Kier alpha value is -1.10. The number of hydrogen-bond acceptors (Lipinski definition) is 4. The van der Waals surface area contributed by atoms with E-state index in [1.807, 2.05) is 24.3 Å². The Morgan fingerprint density at radius 2 is 2.06 bits per heavy atom. The van der Waals surface area contributed by atoms with E-state index in [9.17, 15) is 0 Å². The summed E-state index contributed by atoms with van der Waals surface area (Å²) in [6.45, 7) is 0. The number of nitrogens with two attached hydrogens (primary N) is 1. The third-order valence-electron chi connectivity index (χ3n) is 2.23. The molecule has 5 heteroatoms. The Bertz CT molecular complexity index is 478. The quantitative estimate of drug-likeness (QED) is 0.864. The lowest BCUT2D eigenvalue weighted by Crippen LogP contribution is -2.13. The van der Waals surface area contributed by atoms with Gasteiger partial charge in [0.1, 0.15) is 6.33 Å². The van der Waals surface area contributed by atoms with Gasteiger partial charge in [-0.2, -0.15) is 0 Å². The summed E-state index contributed by atoms with van der Waals surface area (Å²) in [6, 6.07) is 7.67. The van der Waals surface area contributed by atoms with E-state index in [1.165, 1.54) is 6.33 Å². The fourth-order valence-electron chi connectivity index (χ4n) is 1.34. The second-order valence-corrected chi connectivity index (χ2v) is 5.08. The molecule has 0 amide bonds. The van der Waals surface area contributed by atoms with Gasteiger partial charge < -0.3 is 5.73 Å². The Labute approximate surface area is 109 Å². The van der Waals surface area contributed by atoms with E-state index in [1.54, 1.807) is 24.2 Å². The van der Waals surface area contributed by atoms with Crippen LogP contribution < -0.4 is 5.73 Å². The minimum Gasteiger partial charge on any atom is -0.323 e. The molecule has 0 radical (unpaired) electrons. The monoisotopic (exact) mass is 265 g/mol. The molecule has 1 heterocycles. The normalized spacial score (nSPS) is 12.4. The lowest BCUT2D eigenvalue weighted by atomic mass is 10.2. The third kappa shape index (κ3) is 3.70. The van der Waals surface area contributed by atoms with Crippen molar-refractivity contribution in [3.8, 4) is 0 Å². The summed E-state index contributed by atoms with van der Waals surface area (Å²) in [6.07, 6.45) is 4.99. The Morgan fingerprint density at radius 3 is 2.76 bits per heavy atom. The SMILES string of the molecule is NC(CSc1cccc(Cl)c1)c1cncnc1. The summed E-state index contributed by atoms with van der Waals surface area (Å²) in [5, 5.41) is 0.742. The van der Waals surface area contributed by atoms with Gasteiger partial charge in [0, 0.05) is 39.7 Å². The first-order valence-corrected chi connectivity index (χ1v) is 6.51. The van der Waals surface area contributed by atoms with E-state index >= 15 is 0 Å². The standard InChI is InChI=1S/C12H12ClN3S/c13-10-2-1-3-11(4-10)17-7-12(14)9-5-15-8-16-6-9/h1-6,8,12H,7,14H2. The molecule has 0 bridgehead atoms. The molecule has 0 aliphatic carbocycles. The molecule has 2 N–H and O–H groups in total. The maximum absolute atomic E-state index is 6.05. The molecule has 0 aliphatic rings. The van der Waals surface area contributed by atoms with Gasteiger partial charge in [-0.25, -0.2) is 9.97 Å². The third-order valence-corrected chi connectivity index (χ3v) is 3.58. The molecule has 0 saturated carbocycles. The van der Waals surface area contributed by atoms with Gasteiger partial charge in [-0.05, 0) is 18.2 Å². The minimum absolute atomic E-state index is 0.0693. The average molecular weight is 266 g/mol. The highest BCUT2D eigenvalue weighted by atomic mass is 35.5. The van der Waals surface area contributed by atoms with Crippen LogP contribution in [0.2, 0.25) is 5.02 Å². The van der Waals surface area contributed by atoms with Crippen LogP contribution in [-0.4, -0.2) is 15.7 Å². The van der Waals surface area contributed by atoms with Crippen LogP contribution >= 0.6 is 23.4 Å². The zero-order valence-electron chi connectivity index (χ0n) is 9.08. The molecule has 0 spiro atoms. The number of benzene rings is 1. The molecule has 88 valence electrons. The summed E-state index contributed by atoms with van der Waals surface area (Å²) in [7, 11) is 0. The van der Waals surface area contributed by atoms with Crippen LogP contribution in [0.4, 0.5) is 0 Å². The van der Waals surface area contributed by atoms with Crippen LogP contribution in [0, 0.1) is 0 Å². The van der Waals surface area contributed by atoms with Gasteiger partial charge in [0.25, 0.3) is 0 Å². The van der Waals surface area contributed by atoms with Crippen molar-refractivity contribution in [1.82, 2.24) is 9.97 Å². The predicted octanol–water partition coefficient (Wildman–Crippen LogP) is 2.92. The van der Waals surface area contributed by atoms with Gasteiger partial charge in [-0.3, -0.25) is 0 Å². The van der Waals surface area contributed by atoms with Crippen LogP contribution in [0.15, 0.2) is 47.9 Å². The maximum atomic E-state index is 6.05. The lowest BCUT2D eigenvalue weighted by molar-refractivity contribution is 0.814. The number of rotatable bonds is 4. The van der Waals surface area contributed by atoms with Crippen molar-refractivity contribution in [2.45, 2.75) is 10.9 Å². The van der Waals surface area contributed by atoms with Crippen molar-refractivity contribution < 1.29 is 0 Å². The van der Waals surface area contributed by atoms with Crippen molar-refractivity contribution in [3.05, 3.63) is 53.6 Å². The molecule has 1 atom stereocenters. The molecule has 2 aromatic rings. The number of thioether (sulfide) groups is 1. The summed E-state index contributed by atoms with van der Waals surface area (Å²) < 4.78 is 0. The van der Waals surface area contributed by atoms with Crippen LogP contribution in [0.3, 0.4) is 0 Å². The van der Waals surface area contributed by atoms with Gasteiger partial charge in [-0.15, -0.1) is 11.8 Å². The van der Waals surface area contributed by atoms with Crippen LogP contribution in [0.5, 0.6) is 0 Å². The van der Waals surface area contributed by atoms with Crippen molar-refractivity contribution in [2.75, 3.05) is 5.75 Å². The van der Waals surface area contributed by atoms with Crippen LogP contribution in [0.25, 0.3) is 0 Å². The molecule has 0 saturated heterocycles. The molecule has 0 aliphatic heterocycles. The number of aromatic nitrogens is 2. The Balaban J connectivity index is 1.95. The first-order valence-electron chi connectivity index (χ1n) is 5.14. The predicted molar refractivity (Wildman–Crippen MR) is 71.1 cm³/mol. The first kappa shape index (κ1) is 12.4. The van der Waals surface area contributed by atoms with Crippen LogP contribution in [-0.2, 0) is 0 Å². The topological polar surface area (TPSA) is 51.8 Å². The van der Waals surface area contributed by atoms with Crippen molar-refractivity contribution in [1.29, 1.82) is 0 Å². The van der Waals surface area contributed by atoms with Crippen molar-refractivity contribution >= 4 is 23.4 Å². The second-order valence-electron chi connectivity index (χ2n) is 3.55. The molecule has 3 nitrogen and oxygen atoms in total. The summed E-state index contributed by atoms with van der Waals surface area (Å²) in [5.74, 6) is 0.772. The molecule has 17 heavy (non-hydrogen) atoms. The fraction of sp³-hybridized carbons (Fsp3) is 0.167. The lowest BCUT2D eigenvalue weighted by Gasteiger charge is -2.10. The van der Waals surface area contributed by atoms with E-state index in [-0.39, 0.29) is 6.04 Å². The van der Waals surface area contributed by atoms with Crippen molar-refractivity contribution in [2.24, 2.45) is 5.73 Å². The molecule has 1 aromatic heterocycles. The highest BCUT2D eigenvalue weighted by Gasteiger charge is 2.07. The average Bonchev–Trinajstić information content (AvgIpc) is 2.37. The summed E-state index contributed by atoms with van der Waals surface area (Å²) in [4.78, 5) is 9.02. The number of halogens is 1. The van der Waals surface area contributed by atoms with Gasteiger partial charge in [0.2, 0.25) is 0 Å². The molecule has 2 rings (SSSR count). The van der Waals surface area contributed by atoms with E-state index in [0.717, 1.165) is 21.2 Å². The molecule has 1 aromatic carbocycles. The van der Waals surface area contributed by atoms with Gasteiger partial charge in [-0.1, -0.05) is 17.7 Å². The van der Waals surface area contributed by atoms with E-state index < -0.39 is 0 Å². The molecular weight excluding hydrogens is 254 g/mol. The zero-order chi connectivity index (χ0) is 12.1. The van der Waals surface area contributed by atoms with Gasteiger partial charge in [0.15, 0.2) is 0 Å². The minimum atomic E-state index is -0.0693. The number of nitrogens with zero attached hydrogens (tertiary/aromatic N) is 2. The number of hydrogen-bond donors (Lipinski definition) is 1. The van der Waals surface area contributed by atoms with E-state index in [2.05, 4.69) is 9.97 Å². The molecular formula is C12H12ClN3S. The zero-order valence-corrected chi connectivity index (χ0v) is 10.7. The van der Waals surface area contributed by atoms with E-state index in [4.69, 9.17) is 17.3 Å². The molecule has 1 unspecified atom stereocenters. The van der Waals surface area contributed by atoms with Crippen molar-refractivity contribution in [3.63, 3.8) is 0 Å². The maximum Gasteiger partial charge on any atom is 0.115 e. The van der Waals surface area contributed by atoms with Crippen LogP contribution in [0.1, 0.15) is 11.6 Å².